The summed E-state index contributed by atoms with van der Waals surface area (Å²) in [6.45, 7) is 0.215. The highest BCUT2D eigenvalue weighted by molar-refractivity contribution is 6.35. The van der Waals surface area contributed by atoms with Crippen LogP contribution in [0.15, 0.2) is 82.0 Å². The van der Waals surface area contributed by atoms with E-state index in [4.69, 9.17) is 32.4 Å². The minimum atomic E-state index is -0.410. The van der Waals surface area contributed by atoms with E-state index >= 15 is 0 Å². The molecule has 27 heavy (non-hydrogen) atoms. The van der Waals surface area contributed by atoms with Crippen molar-refractivity contribution in [3.63, 3.8) is 0 Å². The minimum Gasteiger partial charge on any atom is -0.489 e. The van der Waals surface area contributed by atoms with Gasteiger partial charge in [0.15, 0.2) is 0 Å². The number of hydrogen-bond donors (Lipinski definition) is 0. The first-order chi connectivity index (χ1) is 13.1. The van der Waals surface area contributed by atoms with E-state index in [1.807, 2.05) is 42.5 Å². The van der Waals surface area contributed by atoms with E-state index in [1.165, 1.54) is 6.07 Å². The van der Waals surface area contributed by atoms with Crippen molar-refractivity contribution in [3.8, 4) is 16.9 Å². The Morgan fingerprint density at radius 1 is 0.852 bits per heavy atom. The first-order valence-corrected chi connectivity index (χ1v) is 9.06. The summed E-state index contributed by atoms with van der Waals surface area (Å²) in [5.41, 5.74) is 2.53. The minimum absolute atomic E-state index is 0.215. The van der Waals surface area contributed by atoms with Crippen molar-refractivity contribution < 1.29 is 9.15 Å². The van der Waals surface area contributed by atoms with Crippen molar-refractivity contribution in [2.45, 2.75) is 6.61 Å². The highest BCUT2D eigenvalue weighted by atomic mass is 35.5. The summed E-state index contributed by atoms with van der Waals surface area (Å²) in [5.74, 6) is 0.562. The molecule has 0 saturated heterocycles. The molecule has 0 aliphatic rings. The molecule has 1 heterocycles. The largest absolute Gasteiger partial charge is 0.489 e. The van der Waals surface area contributed by atoms with E-state index in [0.29, 0.717) is 26.9 Å². The summed E-state index contributed by atoms with van der Waals surface area (Å²) in [6, 6.07) is 21.9. The number of hydrogen-bond acceptors (Lipinski definition) is 3. The van der Waals surface area contributed by atoms with Crippen LogP contribution in [0.4, 0.5) is 0 Å². The fourth-order valence-corrected chi connectivity index (χ4v) is 3.42. The van der Waals surface area contributed by atoms with Crippen molar-refractivity contribution in [3.05, 3.63) is 98.8 Å². The Bertz CT molecular complexity index is 1150. The summed E-state index contributed by atoms with van der Waals surface area (Å²) in [4.78, 5) is 12.0. The third kappa shape index (κ3) is 3.70. The molecule has 3 nitrogen and oxygen atoms in total. The van der Waals surface area contributed by atoms with Crippen LogP contribution in [0, 0.1) is 0 Å². The maximum Gasteiger partial charge on any atom is 0.336 e. The van der Waals surface area contributed by atoms with Gasteiger partial charge in [-0.25, -0.2) is 4.79 Å². The van der Waals surface area contributed by atoms with Crippen LogP contribution in [0.3, 0.4) is 0 Å². The summed E-state index contributed by atoms with van der Waals surface area (Å²) >= 11 is 12.4. The molecule has 5 heteroatoms. The second kappa shape index (κ2) is 7.47. The Morgan fingerprint density at radius 3 is 2.33 bits per heavy atom. The zero-order valence-corrected chi connectivity index (χ0v) is 15.6. The Morgan fingerprint density at radius 2 is 1.59 bits per heavy atom. The summed E-state index contributed by atoms with van der Waals surface area (Å²) in [7, 11) is 0. The molecular formula is C22H14Cl2O3. The van der Waals surface area contributed by atoms with Crippen LogP contribution >= 0.6 is 23.2 Å². The molecule has 0 N–H and O–H groups in total. The van der Waals surface area contributed by atoms with Crippen LogP contribution in [0.1, 0.15) is 5.56 Å². The molecule has 4 aromatic rings. The predicted molar refractivity (Wildman–Crippen MR) is 109 cm³/mol. The number of rotatable bonds is 4. The molecule has 0 saturated carbocycles. The van der Waals surface area contributed by atoms with Gasteiger partial charge in [-0.2, -0.15) is 0 Å². The van der Waals surface area contributed by atoms with Gasteiger partial charge in [0, 0.05) is 33.1 Å². The van der Waals surface area contributed by atoms with Crippen LogP contribution < -0.4 is 10.4 Å². The quantitative estimate of drug-likeness (QED) is 0.377. The molecule has 1 aromatic heterocycles. The Labute approximate surface area is 165 Å². The van der Waals surface area contributed by atoms with Gasteiger partial charge in [-0.1, -0.05) is 59.6 Å². The van der Waals surface area contributed by atoms with Crippen molar-refractivity contribution in [2.75, 3.05) is 0 Å². The maximum absolute atomic E-state index is 12.0. The molecule has 3 aromatic carbocycles. The molecule has 0 radical (unpaired) electrons. The summed E-state index contributed by atoms with van der Waals surface area (Å²) < 4.78 is 11.2. The molecule has 0 aliphatic carbocycles. The number of benzene rings is 3. The van der Waals surface area contributed by atoms with Crippen LogP contribution in [0.2, 0.25) is 10.0 Å². The van der Waals surface area contributed by atoms with Gasteiger partial charge < -0.3 is 9.15 Å². The third-order valence-electron chi connectivity index (χ3n) is 4.25. The van der Waals surface area contributed by atoms with Gasteiger partial charge in [0.2, 0.25) is 0 Å². The third-order valence-corrected chi connectivity index (χ3v) is 4.95. The van der Waals surface area contributed by atoms with E-state index in [9.17, 15) is 4.79 Å². The zero-order chi connectivity index (χ0) is 18.8. The zero-order valence-electron chi connectivity index (χ0n) is 14.1. The van der Waals surface area contributed by atoms with Crippen molar-refractivity contribution in [1.29, 1.82) is 0 Å². The molecule has 0 bridgehead atoms. The van der Waals surface area contributed by atoms with Crippen molar-refractivity contribution in [2.24, 2.45) is 0 Å². The van der Waals surface area contributed by atoms with Gasteiger partial charge in [0.05, 0.1) is 0 Å². The standard InChI is InChI=1S/C22H14Cl2O3/c23-19-7-4-8-20(24)18(19)13-26-15-9-10-16-17(14-5-2-1-3-6-14)12-22(25)27-21(16)11-15/h1-12H,13H2. The van der Waals surface area contributed by atoms with Gasteiger partial charge in [-0.3, -0.25) is 0 Å². The van der Waals surface area contributed by atoms with Crippen LogP contribution in [-0.4, -0.2) is 0 Å². The van der Waals surface area contributed by atoms with Crippen LogP contribution in [-0.2, 0) is 6.61 Å². The van der Waals surface area contributed by atoms with Gasteiger partial charge in [-0.05, 0) is 35.4 Å². The van der Waals surface area contributed by atoms with Crippen molar-refractivity contribution >= 4 is 34.2 Å². The van der Waals surface area contributed by atoms with E-state index in [2.05, 4.69) is 0 Å². The molecule has 134 valence electrons. The fraction of sp³-hybridized carbons (Fsp3) is 0.0455. The molecule has 0 fully saturated rings. The topological polar surface area (TPSA) is 39.4 Å². The number of fused-ring (bicyclic) bond motifs is 1. The van der Waals surface area contributed by atoms with E-state index in [1.54, 1.807) is 24.3 Å². The summed E-state index contributed by atoms with van der Waals surface area (Å²) in [6.07, 6.45) is 0. The lowest BCUT2D eigenvalue weighted by Gasteiger charge is -2.11. The maximum atomic E-state index is 12.0. The lowest BCUT2D eigenvalue weighted by molar-refractivity contribution is 0.306. The average Bonchev–Trinajstić information content (AvgIpc) is 2.67. The monoisotopic (exact) mass is 396 g/mol. The second-order valence-corrected chi connectivity index (χ2v) is 6.81. The molecule has 4 rings (SSSR count). The van der Waals surface area contributed by atoms with E-state index in [0.717, 1.165) is 16.5 Å². The molecular weight excluding hydrogens is 383 g/mol. The smallest absolute Gasteiger partial charge is 0.336 e. The average molecular weight is 397 g/mol. The van der Waals surface area contributed by atoms with Gasteiger partial charge >= 0.3 is 5.63 Å². The van der Waals surface area contributed by atoms with Crippen LogP contribution in [0.25, 0.3) is 22.1 Å². The molecule has 0 unspecified atom stereocenters. The van der Waals surface area contributed by atoms with E-state index in [-0.39, 0.29) is 6.61 Å². The highest BCUT2D eigenvalue weighted by Gasteiger charge is 2.10. The Kier molecular flexibility index (Phi) is 4.88. The Hall–Kier alpha value is -2.75. The van der Waals surface area contributed by atoms with Crippen LogP contribution in [0.5, 0.6) is 5.75 Å². The highest BCUT2D eigenvalue weighted by Crippen LogP contribution is 2.31. The van der Waals surface area contributed by atoms with Gasteiger partial charge in [0.1, 0.15) is 17.9 Å². The number of ether oxygens (including phenoxy) is 1. The SMILES string of the molecule is O=c1cc(-c2ccccc2)c2ccc(OCc3c(Cl)cccc3Cl)cc2o1. The first-order valence-electron chi connectivity index (χ1n) is 8.31. The molecule has 0 amide bonds. The second-order valence-electron chi connectivity index (χ2n) is 5.99. The molecule has 0 spiro atoms. The molecule has 0 aliphatic heterocycles. The normalized spacial score (nSPS) is 10.9. The van der Waals surface area contributed by atoms with Crippen molar-refractivity contribution in [1.82, 2.24) is 0 Å². The molecule has 0 atom stereocenters. The number of halogens is 2. The van der Waals surface area contributed by atoms with E-state index < -0.39 is 5.63 Å². The van der Waals surface area contributed by atoms with Gasteiger partial charge in [0.25, 0.3) is 0 Å². The summed E-state index contributed by atoms with van der Waals surface area (Å²) in [5, 5.41) is 1.92. The lowest BCUT2D eigenvalue weighted by Crippen LogP contribution is -2.00. The predicted octanol–water partition coefficient (Wildman–Crippen LogP) is 6.35. The Balaban J connectivity index is 1.70. The fourth-order valence-electron chi connectivity index (χ4n) is 2.92. The first kappa shape index (κ1) is 17.7. The van der Waals surface area contributed by atoms with Gasteiger partial charge in [-0.15, -0.1) is 0 Å². The lowest BCUT2D eigenvalue weighted by atomic mass is 10.0.